The van der Waals surface area contributed by atoms with Crippen LogP contribution in [0, 0.1) is 11.8 Å². The Balaban J connectivity index is 0.00000168. The summed E-state index contributed by atoms with van der Waals surface area (Å²) >= 11 is 0. The highest BCUT2D eigenvalue weighted by atomic mass is 35.5. The maximum Gasteiger partial charge on any atom is 0.253 e. The van der Waals surface area contributed by atoms with Gasteiger partial charge in [-0.2, -0.15) is 0 Å². The molecule has 3 nitrogen and oxygen atoms in total. The molecule has 2 saturated heterocycles. The summed E-state index contributed by atoms with van der Waals surface area (Å²) in [7, 11) is 0. The van der Waals surface area contributed by atoms with Gasteiger partial charge in [-0.15, -0.1) is 12.4 Å². The normalized spacial score (nSPS) is 23.5. The summed E-state index contributed by atoms with van der Waals surface area (Å²) < 4.78 is 0. The highest BCUT2D eigenvalue weighted by Crippen LogP contribution is 2.37. The number of nitrogens with one attached hydrogen (secondary N) is 1. The van der Waals surface area contributed by atoms with Gasteiger partial charge in [-0.05, 0) is 78.6 Å². The third-order valence-electron chi connectivity index (χ3n) is 6.35. The molecule has 0 spiro atoms. The maximum atomic E-state index is 13.1. The molecule has 5 rings (SSSR count). The van der Waals surface area contributed by atoms with Crippen LogP contribution in [0.2, 0.25) is 0 Å². The van der Waals surface area contributed by atoms with Gasteiger partial charge in [0.2, 0.25) is 0 Å². The van der Waals surface area contributed by atoms with Gasteiger partial charge < -0.3 is 10.2 Å². The van der Waals surface area contributed by atoms with Crippen molar-refractivity contribution in [3.05, 3.63) is 59.2 Å². The molecule has 26 heavy (non-hydrogen) atoms. The van der Waals surface area contributed by atoms with E-state index < -0.39 is 0 Å². The van der Waals surface area contributed by atoms with Crippen molar-refractivity contribution in [2.75, 3.05) is 26.2 Å². The minimum atomic E-state index is 0. The second kappa shape index (κ2) is 7.05. The SMILES string of the molecule is Cl.O=C(c1ccc2c(c1)Cc1ccccc1-2)N1CC[C@@H]2CNC[C@@H]2CC1. The quantitative estimate of drug-likeness (QED) is 0.709. The van der Waals surface area contributed by atoms with Crippen molar-refractivity contribution in [2.45, 2.75) is 19.3 Å². The number of halogens is 1. The van der Waals surface area contributed by atoms with Gasteiger partial charge in [0, 0.05) is 18.7 Å². The first kappa shape index (κ1) is 17.6. The van der Waals surface area contributed by atoms with E-state index in [4.69, 9.17) is 0 Å². The van der Waals surface area contributed by atoms with Crippen LogP contribution in [0.25, 0.3) is 11.1 Å². The minimum Gasteiger partial charge on any atom is -0.339 e. The number of hydrogen-bond donors (Lipinski definition) is 1. The third kappa shape index (κ3) is 2.93. The smallest absolute Gasteiger partial charge is 0.253 e. The third-order valence-corrected chi connectivity index (χ3v) is 6.35. The van der Waals surface area contributed by atoms with Crippen molar-refractivity contribution < 1.29 is 4.79 Å². The number of benzene rings is 2. The molecule has 2 aromatic rings. The monoisotopic (exact) mass is 368 g/mol. The summed E-state index contributed by atoms with van der Waals surface area (Å²) in [5.41, 5.74) is 6.15. The second-order valence-corrected chi connectivity index (χ2v) is 7.75. The van der Waals surface area contributed by atoms with E-state index in [-0.39, 0.29) is 18.3 Å². The number of amides is 1. The lowest BCUT2D eigenvalue weighted by Gasteiger charge is -2.21. The van der Waals surface area contributed by atoms with Gasteiger partial charge in [-0.25, -0.2) is 0 Å². The van der Waals surface area contributed by atoms with E-state index in [2.05, 4.69) is 46.6 Å². The molecular weight excluding hydrogens is 344 g/mol. The van der Waals surface area contributed by atoms with Gasteiger partial charge >= 0.3 is 0 Å². The zero-order valence-electron chi connectivity index (χ0n) is 14.9. The molecule has 1 aliphatic carbocycles. The molecule has 0 bridgehead atoms. The molecule has 0 radical (unpaired) electrons. The summed E-state index contributed by atoms with van der Waals surface area (Å²) in [4.78, 5) is 15.1. The van der Waals surface area contributed by atoms with Crippen LogP contribution >= 0.6 is 12.4 Å². The lowest BCUT2D eigenvalue weighted by Crippen LogP contribution is -2.32. The molecule has 136 valence electrons. The summed E-state index contributed by atoms with van der Waals surface area (Å²) in [6.45, 7) is 4.06. The first-order valence-electron chi connectivity index (χ1n) is 9.51. The van der Waals surface area contributed by atoms with Crippen LogP contribution in [0.5, 0.6) is 0 Å². The molecule has 2 aliphatic heterocycles. The zero-order chi connectivity index (χ0) is 16.8. The van der Waals surface area contributed by atoms with Gasteiger partial charge in [-0.3, -0.25) is 4.79 Å². The lowest BCUT2D eigenvalue weighted by atomic mass is 9.92. The van der Waals surface area contributed by atoms with Crippen molar-refractivity contribution in [3.63, 3.8) is 0 Å². The largest absolute Gasteiger partial charge is 0.339 e. The number of rotatable bonds is 1. The lowest BCUT2D eigenvalue weighted by molar-refractivity contribution is 0.0758. The number of fused-ring (bicyclic) bond motifs is 4. The Bertz CT molecular complexity index is 821. The predicted molar refractivity (Wildman–Crippen MR) is 107 cm³/mol. The maximum absolute atomic E-state index is 13.1. The van der Waals surface area contributed by atoms with E-state index in [1.165, 1.54) is 22.3 Å². The number of carbonyl (C=O) groups is 1. The van der Waals surface area contributed by atoms with Gasteiger partial charge in [0.1, 0.15) is 0 Å². The molecule has 1 N–H and O–H groups in total. The van der Waals surface area contributed by atoms with E-state index in [0.717, 1.165) is 62.8 Å². The summed E-state index contributed by atoms with van der Waals surface area (Å²) in [5, 5.41) is 3.50. The number of hydrogen-bond acceptors (Lipinski definition) is 2. The first-order valence-corrected chi connectivity index (χ1v) is 9.51. The molecule has 2 aromatic carbocycles. The number of nitrogens with zero attached hydrogens (tertiary/aromatic N) is 1. The van der Waals surface area contributed by atoms with Crippen LogP contribution < -0.4 is 5.32 Å². The highest BCUT2D eigenvalue weighted by molar-refractivity contribution is 5.95. The van der Waals surface area contributed by atoms with Crippen LogP contribution in [-0.2, 0) is 6.42 Å². The van der Waals surface area contributed by atoms with Crippen molar-refractivity contribution >= 4 is 18.3 Å². The van der Waals surface area contributed by atoms with Crippen molar-refractivity contribution in [1.29, 1.82) is 0 Å². The Kier molecular flexibility index (Phi) is 4.76. The first-order chi connectivity index (χ1) is 12.3. The predicted octanol–water partition coefficient (Wildman–Crippen LogP) is 3.75. The number of carbonyl (C=O) groups excluding carboxylic acids is 1. The summed E-state index contributed by atoms with van der Waals surface area (Å²) in [6.07, 6.45) is 3.22. The van der Waals surface area contributed by atoms with Crippen molar-refractivity contribution in [2.24, 2.45) is 11.8 Å². The number of likely N-dealkylation sites (tertiary alicyclic amines) is 1. The van der Waals surface area contributed by atoms with E-state index in [1.807, 2.05) is 6.07 Å². The molecule has 2 fully saturated rings. The molecule has 0 unspecified atom stereocenters. The molecule has 0 aromatic heterocycles. The summed E-state index contributed by atoms with van der Waals surface area (Å²) in [5.74, 6) is 1.73. The van der Waals surface area contributed by atoms with E-state index in [9.17, 15) is 4.79 Å². The van der Waals surface area contributed by atoms with Crippen LogP contribution in [-0.4, -0.2) is 37.0 Å². The molecule has 4 heteroatoms. The molecule has 1 amide bonds. The van der Waals surface area contributed by atoms with Crippen LogP contribution in [0.1, 0.15) is 34.3 Å². The average molecular weight is 369 g/mol. The van der Waals surface area contributed by atoms with Crippen molar-refractivity contribution in [3.8, 4) is 11.1 Å². The highest BCUT2D eigenvalue weighted by Gasteiger charge is 2.32. The van der Waals surface area contributed by atoms with Gasteiger partial charge in [0.25, 0.3) is 5.91 Å². The van der Waals surface area contributed by atoms with Gasteiger partial charge in [-0.1, -0.05) is 30.3 Å². The standard InChI is InChI=1S/C22H24N2O.ClH/c25-22(24-9-7-17-13-23-14-18(17)8-10-24)16-5-6-21-19(12-16)11-15-3-1-2-4-20(15)21;/h1-6,12,17-18,23H,7-11,13-14H2;1H/t17-,18+;. The fourth-order valence-electron chi connectivity index (χ4n) is 4.88. The molecule has 2 atom stereocenters. The Hall–Kier alpha value is -1.84. The molecule has 2 heterocycles. The van der Waals surface area contributed by atoms with Gasteiger partial charge in [0.05, 0.1) is 0 Å². The Morgan fingerprint density at radius 3 is 2.38 bits per heavy atom. The zero-order valence-corrected chi connectivity index (χ0v) is 15.7. The molecule has 0 saturated carbocycles. The van der Waals surface area contributed by atoms with Crippen LogP contribution in [0.4, 0.5) is 0 Å². The summed E-state index contributed by atoms with van der Waals surface area (Å²) in [6, 6.07) is 14.9. The fourth-order valence-corrected chi connectivity index (χ4v) is 4.88. The van der Waals surface area contributed by atoms with Crippen LogP contribution in [0.15, 0.2) is 42.5 Å². The topological polar surface area (TPSA) is 32.3 Å². The average Bonchev–Trinajstić information content (AvgIpc) is 3.19. The minimum absolute atomic E-state index is 0. The fraction of sp³-hybridized carbons (Fsp3) is 0.409. The van der Waals surface area contributed by atoms with Gasteiger partial charge in [0.15, 0.2) is 0 Å². The Labute approximate surface area is 161 Å². The van der Waals surface area contributed by atoms with Crippen LogP contribution in [0.3, 0.4) is 0 Å². The van der Waals surface area contributed by atoms with E-state index in [0.29, 0.717) is 0 Å². The molecular formula is C22H25ClN2O. The van der Waals surface area contributed by atoms with Crippen molar-refractivity contribution in [1.82, 2.24) is 10.2 Å². The van der Waals surface area contributed by atoms with E-state index >= 15 is 0 Å². The van der Waals surface area contributed by atoms with E-state index in [1.54, 1.807) is 0 Å². The Morgan fingerprint density at radius 2 is 1.62 bits per heavy atom. The second-order valence-electron chi connectivity index (χ2n) is 7.75. The Morgan fingerprint density at radius 1 is 0.923 bits per heavy atom. The molecule has 3 aliphatic rings.